The van der Waals surface area contributed by atoms with Gasteiger partial charge in [0.2, 0.25) is 0 Å². The molecule has 1 N–H and O–H groups in total. The summed E-state index contributed by atoms with van der Waals surface area (Å²) < 4.78 is 13.7. The number of nitrogens with zero attached hydrogens (tertiary/aromatic N) is 2. The predicted octanol–water partition coefficient (Wildman–Crippen LogP) is 6.37. The number of rotatable bonds is 8. The summed E-state index contributed by atoms with van der Waals surface area (Å²) in [5.41, 5.74) is 2.50. The van der Waals surface area contributed by atoms with Crippen molar-refractivity contribution < 1.29 is 23.6 Å². The third kappa shape index (κ3) is 5.22. The monoisotopic (exact) mass is 564 g/mol. The number of aliphatic hydroxyl groups excluding tert-OH is 1. The van der Waals surface area contributed by atoms with Crippen molar-refractivity contribution in [2.45, 2.75) is 110 Å². The van der Waals surface area contributed by atoms with Crippen LogP contribution < -0.4 is 0 Å². The molecule has 0 aromatic heterocycles. The molecule has 4 aliphatic carbocycles. The minimum Gasteiger partial charge on any atom is -0.412 e. The van der Waals surface area contributed by atoms with Crippen LogP contribution in [0.25, 0.3) is 0 Å². The number of oxime groups is 2. The highest BCUT2D eigenvalue weighted by molar-refractivity contribution is 6.70. The second kappa shape index (κ2) is 10.4. The molecule has 0 unspecified atom stereocenters. The molecule has 7 atom stereocenters. The lowest BCUT2D eigenvalue weighted by Crippen LogP contribution is -2.64. The predicted molar refractivity (Wildman–Crippen MR) is 158 cm³/mol. The molecule has 0 aromatic carbocycles. The summed E-state index contributed by atoms with van der Waals surface area (Å²) in [5, 5.41) is 20.9. The minimum absolute atomic E-state index is 0.00823. The van der Waals surface area contributed by atoms with Crippen LogP contribution in [0.2, 0.25) is 39.3 Å². The molecule has 0 aromatic rings. The Bertz CT molecular complexity index is 986. The summed E-state index contributed by atoms with van der Waals surface area (Å²) in [6, 6.07) is 0. The average Bonchev–Trinajstić information content (AvgIpc) is 3.07. The molecule has 0 spiro atoms. The molecule has 0 aliphatic heterocycles. The van der Waals surface area contributed by atoms with Crippen LogP contribution >= 0.6 is 0 Å². The SMILES string of the molecule is CO/N=C1/C=C2CC[C@@H]3[C@H]([C@@H](O)C[C@@]4(C)[C@H]3CC[C@]4(O[Si](C)(C)C)/C(CO[Si](C)(C)C)=N/OC)[C@@]2(C)CC1. The van der Waals surface area contributed by atoms with Gasteiger partial charge in [-0.2, -0.15) is 0 Å². The van der Waals surface area contributed by atoms with Gasteiger partial charge in [-0.25, -0.2) is 0 Å². The molecule has 0 saturated heterocycles. The van der Waals surface area contributed by atoms with Gasteiger partial charge in [0, 0.05) is 5.41 Å². The number of hydrogen-bond donors (Lipinski definition) is 1. The molecule has 4 rings (SSSR count). The molecule has 7 nitrogen and oxygen atoms in total. The lowest BCUT2D eigenvalue weighted by atomic mass is 9.45. The number of hydrogen-bond acceptors (Lipinski definition) is 7. The van der Waals surface area contributed by atoms with E-state index in [1.807, 2.05) is 0 Å². The fourth-order valence-corrected chi connectivity index (χ4v) is 10.8. The highest BCUT2D eigenvalue weighted by atomic mass is 28.4. The van der Waals surface area contributed by atoms with Crippen LogP contribution in [0.5, 0.6) is 0 Å². The van der Waals surface area contributed by atoms with Gasteiger partial charge in [-0.15, -0.1) is 0 Å². The summed E-state index contributed by atoms with van der Waals surface area (Å²) in [4.78, 5) is 10.6. The second-order valence-electron chi connectivity index (χ2n) is 14.6. The highest BCUT2D eigenvalue weighted by Crippen LogP contribution is 2.68. The van der Waals surface area contributed by atoms with Crippen molar-refractivity contribution in [3.8, 4) is 0 Å². The maximum Gasteiger partial charge on any atom is 0.185 e. The molecule has 3 saturated carbocycles. The van der Waals surface area contributed by atoms with Crippen LogP contribution in [-0.4, -0.2) is 65.7 Å². The van der Waals surface area contributed by atoms with E-state index in [1.54, 1.807) is 14.2 Å². The van der Waals surface area contributed by atoms with Gasteiger partial charge in [0.15, 0.2) is 16.6 Å². The zero-order chi connectivity index (χ0) is 28.1. The van der Waals surface area contributed by atoms with Crippen LogP contribution in [0.1, 0.15) is 58.8 Å². The normalized spacial score (nSPS) is 40.8. The van der Waals surface area contributed by atoms with E-state index in [4.69, 9.17) is 18.5 Å². The minimum atomic E-state index is -2.01. The number of fused-ring (bicyclic) bond motifs is 5. The van der Waals surface area contributed by atoms with Crippen molar-refractivity contribution in [1.29, 1.82) is 0 Å². The topological polar surface area (TPSA) is 81.9 Å². The second-order valence-corrected chi connectivity index (χ2v) is 23.5. The third-order valence-corrected chi connectivity index (χ3v) is 12.0. The maximum absolute atomic E-state index is 12.1. The van der Waals surface area contributed by atoms with Gasteiger partial charge in [0.25, 0.3) is 0 Å². The zero-order valence-corrected chi connectivity index (χ0v) is 27.5. The molecular formula is C29H52N2O5Si2. The Morgan fingerprint density at radius 1 is 1.00 bits per heavy atom. The quantitative estimate of drug-likeness (QED) is 0.211. The fraction of sp³-hybridized carbons (Fsp3) is 0.862. The third-order valence-electron chi connectivity index (χ3n) is 10.0. The van der Waals surface area contributed by atoms with Gasteiger partial charge >= 0.3 is 0 Å². The molecule has 216 valence electrons. The van der Waals surface area contributed by atoms with Gasteiger partial charge in [-0.3, -0.25) is 0 Å². The Morgan fingerprint density at radius 3 is 2.32 bits per heavy atom. The number of aliphatic hydroxyl groups is 1. The van der Waals surface area contributed by atoms with Crippen molar-refractivity contribution in [3.05, 3.63) is 11.6 Å². The van der Waals surface area contributed by atoms with Gasteiger partial charge < -0.3 is 23.6 Å². The van der Waals surface area contributed by atoms with Gasteiger partial charge in [0.05, 0.1) is 18.4 Å². The summed E-state index contributed by atoms with van der Waals surface area (Å²) in [7, 11) is -0.562. The molecule has 0 heterocycles. The van der Waals surface area contributed by atoms with Crippen LogP contribution in [0.4, 0.5) is 0 Å². The molecule has 3 fully saturated rings. The van der Waals surface area contributed by atoms with Crippen molar-refractivity contribution in [1.82, 2.24) is 0 Å². The van der Waals surface area contributed by atoms with Crippen LogP contribution in [0.3, 0.4) is 0 Å². The summed E-state index contributed by atoms with van der Waals surface area (Å²) in [6.45, 7) is 18.6. The van der Waals surface area contributed by atoms with E-state index in [9.17, 15) is 5.11 Å². The smallest absolute Gasteiger partial charge is 0.185 e. The van der Waals surface area contributed by atoms with E-state index in [1.165, 1.54) is 5.57 Å². The van der Waals surface area contributed by atoms with E-state index in [0.29, 0.717) is 24.9 Å². The fourth-order valence-electron chi connectivity index (χ4n) is 8.71. The van der Waals surface area contributed by atoms with E-state index in [-0.39, 0.29) is 16.7 Å². The Morgan fingerprint density at radius 2 is 1.71 bits per heavy atom. The van der Waals surface area contributed by atoms with Gasteiger partial charge in [0.1, 0.15) is 25.5 Å². The Kier molecular flexibility index (Phi) is 8.23. The van der Waals surface area contributed by atoms with E-state index < -0.39 is 28.3 Å². The average molecular weight is 565 g/mol. The lowest BCUT2D eigenvalue weighted by Gasteiger charge is -2.62. The molecule has 38 heavy (non-hydrogen) atoms. The highest BCUT2D eigenvalue weighted by Gasteiger charge is 2.69. The molecule has 0 amide bonds. The van der Waals surface area contributed by atoms with Crippen LogP contribution in [0, 0.1) is 28.6 Å². The first-order valence-corrected chi connectivity index (χ1v) is 21.4. The Hall–Kier alpha value is -1.01. The van der Waals surface area contributed by atoms with Crippen molar-refractivity contribution in [2.75, 3.05) is 20.8 Å². The molecule has 0 bridgehead atoms. The Labute approximate surface area is 232 Å². The van der Waals surface area contributed by atoms with Crippen LogP contribution in [0.15, 0.2) is 22.0 Å². The first-order valence-electron chi connectivity index (χ1n) is 14.5. The summed E-state index contributed by atoms with van der Waals surface area (Å²) >= 11 is 0. The molecule has 0 radical (unpaired) electrons. The lowest BCUT2D eigenvalue weighted by molar-refractivity contribution is -0.148. The van der Waals surface area contributed by atoms with Crippen molar-refractivity contribution in [2.24, 2.45) is 38.9 Å². The van der Waals surface area contributed by atoms with E-state index >= 15 is 0 Å². The summed E-state index contributed by atoms with van der Waals surface area (Å²) in [6.07, 6.45) is 8.60. The van der Waals surface area contributed by atoms with Gasteiger partial charge in [-0.05, 0) is 113 Å². The molecular weight excluding hydrogens is 513 g/mol. The van der Waals surface area contributed by atoms with Crippen molar-refractivity contribution in [3.63, 3.8) is 0 Å². The standard InChI is InChI=1S/C29H52N2O5Si2/c1-27-15-13-21(30-33-3)17-20(27)11-12-22-23-14-16-29(36-38(8,9)10,28(23,2)18-24(32)26(22)27)25(31-34-4)19-35-37(5,6)7/h17,22-24,26,32H,11-16,18-19H2,1-10H3/b30-21+,31-25+/t22-,23-,24-,26+,27-,28-,29-/m0/s1. The van der Waals surface area contributed by atoms with Gasteiger partial charge in [-0.1, -0.05) is 29.7 Å². The zero-order valence-electron chi connectivity index (χ0n) is 25.5. The number of allylic oxidation sites excluding steroid dienone is 2. The maximum atomic E-state index is 12.1. The molecule has 4 aliphatic rings. The van der Waals surface area contributed by atoms with E-state index in [2.05, 4.69) is 69.5 Å². The first-order chi connectivity index (χ1) is 17.6. The largest absolute Gasteiger partial charge is 0.412 e. The Balaban J connectivity index is 1.75. The van der Waals surface area contributed by atoms with Crippen LogP contribution in [-0.2, 0) is 18.5 Å². The molecule has 9 heteroatoms. The van der Waals surface area contributed by atoms with E-state index in [0.717, 1.165) is 49.9 Å². The van der Waals surface area contributed by atoms with Crippen molar-refractivity contribution >= 4 is 28.1 Å². The first kappa shape index (κ1) is 30.0. The summed E-state index contributed by atoms with van der Waals surface area (Å²) in [5.74, 6) is 1.14.